The van der Waals surface area contributed by atoms with Crippen molar-refractivity contribution >= 4 is 10.9 Å². The van der Waals surface area contributed by atoms with Crippen LogP contribution in [-0.2, 0) is 6.42 Å². The van der Waals surface area contributed by atoms with Gasteiger partial charge in [-0.15, -0.1) is 0 Å². The highest BCUT2D eigenvalue weighted by molar-refractivity contribution is 5.92. The first kappa shape index (κ1) is 13.6. The van der Waals surface area contributed by atoms with Gasteiger partial charge in [0.1, 0.15) is 17.0 Å². The van der Waals surface area contributed by atoms with E-state index >= 15 is 0 Å². The fraction of sp³-hybridized carbons (Fsp3) is 0.400. The fourth-order valence-electron chi connectivity index (χ4n) is 2.29. The first-order valence-electron chi connectivity index (χ1n) is 6.42. The second-order valence-corrected chi connectivity index (χ2v) is 4.52. The van der Waals surface area contributed by atoms with Crippen LogP contribution in [-0.4, -0.2) is 25.7 Å². The number of aromatic nitrogens is 1. The monoisotopic (exact) mass is 260 g/mol. The van der Waals surface area contributed by atoms with Crippen LogP contribution in [0.25, 0.3) is 10.9 Å². The molecule has 2 rings (SSSR count). The first-order valence-corrected chi connectivity index (χ1v) is 6.42. The van der Waals surface area contributed by atoms with E-state index in [1.807, 2.05) is 12.1 Å². The lowest BCUT2D eigenvalue weighted by molar-refractivity contribution is 0.409. The van der Waals surface area contributed by atoms with Gasteiger partial charge >= 0.3 is 0 Å². The number of nitrogens with two attached hydrogens (primary N) is 1. The third kappa shape index (κ3) is 2.63. The van der Waals surface area contributed by atoms with Gasteiger partial charge in [-0.2, -0.15) is 0 Å². The topological polar surface area (TPSA) is 57.4 Å². The Labute approximate surface area is 113 Å². The Bertz CT molecular complexity index is 582. The molecule has 0 atom stereocenters. The summed E-state index contributed by atoms with van der Waals surface area (Å²) in [6.07, 6.45) is 1.82. The number of aryl methyl sites for hydroxylation is 2. The van der Waals surface area contributed by atoms with Crippen molar-refractivity contribution in [3.63, 3.8) is 0 Å². The SMILES string of the molecule is COc1ccc(OC)c2c(C)cc(CCCN)nc12. The van der Waals surface area contributed by atoms with Crippen LogP contribution in [0.1, 0.15) is 17.7 Å². The van der Waals surface area contributed by atoms with E-state index in [2.05, 4.69) is 13.0 Å². The van der Waals surface area contributed by atoms with Gasteiger partial charge in [0.2, 0.25) is 0 Å². The number of nitrogens with zero attached hydrogens (tertiary/aromatic N) is 1. The predicted octanol–water partition coefficient (Wildman–Crippen LogP) is 2.45. The van der Waals surface area contributed by atoms with Gasteiger partial charge in [-0.05, 0) is 50.1 Å². The minimum Gasteiger partial charge on any atom is -0.496 e. The summed E-state index contributed by atoms with van der Waals surface area (Å²) < 4.78 is 10.8. The van der Waals surface area contributed by atoms with Crippen LogP contribution < -0.4 is 15.2 Å². The molecule has 4 nitrogen and oxygen atoms in total. The molecule has 1 heterocycles. The van der Waals surface area contributed by atoms with Gasteiger partial charge in [0.15, 0.2) is 0 Å². The van der Waals surface area contributed by atoms with Gasteiger partial charge in [0.25, 0.3) is 0 Å². The number of methoxy groups -OCH3 is 2. The molecule has 0 aliphatic rings. The molecule has 0 amide bonds. The zero-order valence-corrected chi connectivity index (χ0v) is 11.7. The van der Waals surface area contributed by atoms with Crippen LogP contribution in [0.15, 0.2) is 18.2 Å². The van der Waals surface area contributed by atoms with Crippen molar-refractivity contribution in [3.05, 3.63) is 29.5 Å². The molecule has 0 saturated heterocycles. The van der Waals surface area contributed by atoms with Crippen LogP contribution >= 0.6 is 0 Å². The minimum atomic E-state index is 0.675. The van der Waals surface area contributed by atoms with Gasteiger partial charge in [0.05, 0.1) is 14.2 Å². The average Bonchev–Trinajstić information content (AvgIpc) is 2.43. The number of pyridine rings is 1. The lowest BCUT2D eigenvalue weighted by Crippen LogP contribution is -2.03. The van der Waals surface area contributed by atoms with Gasteiger partial charge in [-0.1, -0.05) is 0 Å². The van der Waals surface area contributed by atoms with Crippen LogP contribution in [0.5, 0.6) is 11.5 Å². The molecule has 2 N–H and O–H groups in total. The molecule has 19 heavy (non-hydrogen) atoms. The van der Waals surface area contributed by atoms with Crippen LogP contribution in [0.2, 0.25) is 0 Å². The summed E-state index contributed by atoms with van der Waals surface area (Å²) >= 11 is 0. The van der Waals surface area contributed by atoms with E-state index in [4.69, 9.17) is 20.2 Å². The minimum absolute atomic E-state index is 0.675. The molecule has 0 spiro atoms. The van der Waals surface area contributed by atoms with Crippen molar-refractivity contribution < 1.29 is 9.47 Å². The van der Waals surface area contributed by atoms with Gasteiger partial charge in [-0.3, -0.25) is 0 Å². The Morgan fingerprint density at radius 2 is 1.84 bits per heavy atom. The van der Waals surface area contributed by atoms with E-state index in [0.29, 0.717) is 6.54 Å². The quantitative estimate of drug-likeness (QED) is 0.897. The second-order valence-electron chi connectivity index (χ2n) is 4.52. The van der Waals surface area contributed by atoms with Crippen molar-refractivity contribution in [2.24, 2.45) is 5.73 Å². The molecular formula is C15H20N2O2. The van der Waals surface area contributed by atoms with E-state index < -0.39 is 0 Å². The zero-order chi connectivity index (χ0) is 13.8. The van der Waals surface area contributed by atoms with E-state index in [1.54, 1.807) is 14.2 Å². The molecule has 1 aromatic heterocycles. The summed E-state index contributed by atoms with van der Waals surface area (Å²) in [5, 5.41) is 1.01. The number of rotatable bonds is 5. The standard InChI is InChI=1S/C15H20N2O2/c1-10-9-11(5-4-8-16)17-15-13(19-3)7-6-12(18-2)14(10)15/h6-7,9H,4-5,8,16H2,1-3H3. The Morgan fingerprint density at radius 1 is 1.16 bits per heavy atom. The molecule has 1 aromatic carbocycles. The van der Waals surface area contributed by atoms with Crippen LogP contribution in [0, 0.1) is 6.92 Å². The maximum Gasteiger partial charge on any atom is 0.145 e. The van der Waals surface area contributed by atoms with E-state index in [0.717, 1.165) is 46.5 Å². The molecule has 2 aromatic rings. The maximum atomic E-state index is 5.56. The van der Waals surface area contributed by atoms with Gasteiger partial charge in [-0.25, -0.2) is 4.98 Å². The first-order chi connectivity index (χ1) is 9.21. The van der Waals surface area contributed by atoms with Crippen LogP contribution in [0.3, 0.4) is 0 Å². The van der Waals surface area contributed by atoms with E-state index in [1.165, 1.54) is 0 Å². The van der Waals surface area contributed by atoms with Crippen molar-refractivity contribution in [1.82, 2.24) is 4.98 Å². The number of hydrogen-bond donors (Lipinski definition) is 1. The Balaban J connectivity index is 2.63. The highest BCUT2D eigenvalue weighted by atomic mass is 16.5. The molecule has 0 unspecified atom stereocenters. The zero-order valence-electron chi connectivity index (χ0n) is 11.7. The lowest BCUT2D eigenvalue weighted by atomic mass is 10.1. The molecule has 4 heteroatoms. The predicted molar refractivity (Wildman–Crippen MR) is 77.0 cm³/mol. The summed E-state index contributed by atoms with van der Waals surface area (Å²) in [4.78, 5) is 4.69. The summed E-state index contributed by atoms with van der Waals surface area (Å²) in [5.74, 6) is 1.60. The fourth-order valence-corrected chi connectivity index (χ4v) is 2.29. The lowest BCUT2D eigenvalue weighted by Gasteiger charge is -2.13. The molecule has 0 aliphatic carbocycles. The Hall–Kier alpha value is -1.81. The molecule has 102 valence electrons. The molecule has 0 bridgehead atoms. The van der Waals surface area contributed by atoms with Crippen molar-refractivity contribution in [1.29, 1.82) is 0 Å². The highest BCUT2D eigenvalue weighted by Crippen LogP contribution is 2.34. The second kappa shape index (κ2) is 5.89. The van der Waals surface area contributed by atoms with Crippen molar-refractivity contribution in [3.8, 4) is 11.5 Å². The highest BCUT2D eigenvalue weighted by Gasteiger charge is 2.12. The molecule has 0 saturated carbocycles. The average molecular weight is 260 g/mol. The number of fused-ring (bicyclic) bond motifs is 1. The van der Waals surface area contributed by atoms with Crippen molar-refractivity contribution in [2.75, 3.05) is 20.8 Å². The molecule has 0 aliphatic heterocycles. The number of benzene rings is 1. The summed E-state index contributed by atoms with van der Waals surface area (Å²) in [6, 6.07) is 5.90. The Morgan fingerprint density at radius 3 is 2.47 bits per heavy atom. The third-order valence-electron chi connectivity index (χ3n) is 3.21. The molecule has 0 radical (unpaired) electrons. The summed E-state index contributed by atoms with van der Waals surface area (Å²) in [7, 11) is 3.33. The normalized spacial score (nSPS) is 10.7. The van der Waals surface area contributed by atoms with E-state index in [-0.39, 0.29) is 0 Å². The number of ether oxygens (including phenoxy) is 2. The molecule has 0 fully saturated rings. The van der Waals surface area contributed by atoms with Gasteiger partial charge in [0, 0.05) is 11.1 Å². The van der Waals surface area contributed by atoms with Gasteiger partial charge < -0.3 is 15.2 Å². The molecular weight excluding hydrogens is 240 g/mol. The number of hydrogen-bond acceptors (Lipinski definition) is 4. The van der Waals surface area contributed by atoms with Crippen LogP contribution in [0.4, 0.5) is 0 Å². The Kier molecular flexibility index (Phi) is 4.22. The van der Waals surface area contributed by atoms with E-state index in [9.17, 15) is 0 Å². The smallest absolute Gasteiger partial charge is 0.145 e. The summed E-state index contributed by atoms with van der Waals surface area (Å²) in [6.45, 7) is 2.74. The largest absolute Gasteiger partial charge is 0.496 e. The third-order valence-corrected chi connectivity index (χ3v) is 3.21. The summed E-state index contributed by atoms with van der Waals surface area (Å²) in [5.41, 5.74) is 8.60. The maximum absolute atomic E-state index is 5.56. The van der Waals surface area contributed by atoms with Crippen molar-refractivity contribution in [2.45, 2.75) is 19.8 Å².